The number of guanidine groups is 1. The first-order valence-electron chi connectivity index (χ1n) is 18.2. The molecule has 0 aliphatic carbocycles. The molecule has 0 spiro atoms. The van der Waals surface area contributed by atoms with Gasteiger partial charge < -0.3 is 36.6 Å². The van der Waals surface area contributed by atoms with Crippen LogP contribution in [0.5, 0.6) is 0 Å². The fourth-order valence-electron chi connectivity index (χ4n) is 5.56. The van der Waals surface area contributed by atoms with Gasteiger partial charge in [0.25, 0.3) is 11.8 Å². The predicted octanol–water partition coefficient (Wildman–Crippen LogP) is 6.89. The number of nitrogens with zero attached hydrogens (tertiary/aromatic N) is 1. The summed E-state index contributed by atoms with van der Waals surface area (Å²) >= 11 is 3.44. The Morgan fingerprint density at radius 1 is 0.696 bits per heavy atom. The fraction of sp³-hybridized carbons (Fsp3) is 0.233. The molecule has 0 fully saturated rings. The molecule has 0 aromatic heterocycles. The van der Waals surface area contributed by atoms with Crippen molar-refractivity contribution in [2.45, 2.75) is 38.8 Å². The molecule has 1 atom stereocenters. The van der Waals surface area contributed by atoms with Gasteiger partial charge in [0, 0.05) is 41.8 Å². The van der Waals surface area contributed by atoms with Crippen LogP contribution in [0.2, 0.25) is 0 Å². The third-order valence-corrected chi connectivity index (χ3v) is 8.69. The number of fused-ring (bicyclic) bond motifs is 1. The number of amides is 4. The van der Waals surface area contributed by atoms with Crippen molar-refractivity contribution in [1.29, 1.82) is 0 Å². The van der Waals surface area contributed by atoms with Crippen LogP contribution < -0.4 is 31.9 Å². The number of aliphatic imine (C=N–C) groups is 1. The summed E-state index contributed by atoms with van der Waals surface area (Å²) in [6, 6.07) is 36.0. The van der Waals surface area contributed by atoms with Gasteiger partial charge in [-0.15, -0.1) is 0 Å². The highest BCUT2D eigenvalue weighted by Gasteiger charge is 2.24. The lowest BCUT2D eigenvalue weighted by Crippen LogP contribution is -2.48. The molecule has 0 radical (unpaired) electrons. The van der Waals surface area contributed by atoms with Gasteiger partial charge in [-0.1, -0.05) is 94.8 Å². The molecule has 0 aliphatic rings. The second-order valence-electron chi connectivity index (χ2n) is 13.8. The molecule has 5 aromatic carbocycles. The van der Waals surface area contributed by atoms with E-state index in [1.807, 2.05) is 91.0 Å². The van der Waals surface area contributed by atoms with Gasteiger partial charge in [-0.25, -0.2) is 4.79 Å². The van der Waals surface area contributed by atoms with Gasteiger partial charge in [0.2, 0.25) is 5.91 Å². The molecular formula is C43H46BrN7O5. The molecule has 0 heterocycles. The average Bonchev–Trinajstić information content (AvgIpc) is 3.18. The summed E-state index contributed by atoms with van der Waals surface area (Å²) in [7, 11) is 0. The van der Waals surface area contributed by atoms with Crippen molar-refractivity contribution in [3.8, 4) is 0 Å². The van der Waals surface area contributed by atoms with Gasteiger partial charge in [-0.2, -0.15) is 0 Å². The highest BCUT2D eigenvalue weighted by molar-refractivity contribution is 9.10. The SMILES string of the molecule is CC(C)(C)OC(=O)NCCNC(=NCCNC(=O)[C@H](Cc1ccccc1)NC(=O)c1cc(Br)ccc1NC(=O)c1ccc2ccccc2c1)Nc1ccccc1. The Hall–Kier alpha value is -6.21. The van der Waals surface area contributed by atoms with Crippen LogP contribution >= 0.6 is 15.9 Å². The quantitative estimate of drug-likeness (QED) is 0.0404. The molecule has 4 amide bonds. The number of rotatable bonds is 14. The summed E-state index contributed by atoms with van der Waals surface area (Å²) in [5.74, 6) is -0.867. The third kappa shape index (κ3) is 13.0. The van der Waals surface area contributed by atoms with Gasteiger partial charge in [-0.05, 0) is 79.6 Å². The Morgan fingerprint density at radius 2 is 1.38 bits per heavy atom. The van der Waals surface area contributed by atoms with Crippen LogP contribution in [0.4, 0.5) is 16.2 Å². The molecule has 0 unspecified atom stereocenters. The van der Waals surface area contributed by atoms with Gasteiger partial charge in [0.15, 0.2) is 5.96 Å². The highest BCUT2D eigenvalue weighted by atomic mass is 79.9. The Morgan fingerprint density at radius 3 is 2.11 bits per heavy atom. The molecule has 290 valence electrons. The number of hydrogen-bond donors (Lipinski definition) is 6. The molecule has 12 nitrogen and oxygen atoms in total. The van der Waals surface area contributed by atoms with E-state index in [1.54, 1.807) is 51.1 Å². The number of anilines is 2. The Bertz CT molecular complexity index is 2160. The normalized spacial score (nSPS) is 11.9. The number of hydrogen-bond acceptors (Lipinski definition) is 6. The maximum atomic E-state index is 13.9. The largest absolute Gasteiger partial charge is 0.444 e. The van der Waals surface area contributed by atoms with Crippen molar-refractivity contribution in [3.05, 3.63) is 142 Å². The standard InChI is InChI=1S/C43H46BrN7O5/c1-43(2,3)56-42(55)48-25-24-47-41(49-34-16-8-5-9-17-34)46-23-22-45-40(54)37(26-29-12-6-4-7-13-29)51-39(53)35-28-33(44)20-21-36(35)50-38(52)32-19-18-30-14-10-11-15-31(30)27-32/h4-21,27-28,37H,22-26H2,1-3H3,(H,45,54)(H,48,55)(H,50,52)(H,51,53)(H2,46,47,49)/t37-/m0/s1. The van der Waals surface area contributed by atoms with Crippen molar-refractivity contribution in [1.82, 2.24) is 21.3 Å². The lowest BCUT2D eigenvalue weighted by molar-refractivity contribution is -0.122. The number of carbonyl (C=O) groups excluding carboxylic acids is 4. The van der Waals surface area contributed by atoms with Crippen molar-refractivity contribution in [2.75, 3.05) is 36.8 Å². The van der Waals surface area contributed by atoms with Crippen LogP contribution in [-0.4, -0.2) is 67.6 Å². The lowest BCUT2D eigenvalue weighted by Gasteiger charge is -2.20. The minimum Gasteiger partial charge on any atom is -0.444 e. The van der Waals surface area contributed by atoms with Crippen molar-refractivity contribution < 1.29 is 23.9 Å². The van der Waals surface area contributed by atoms with Crippen LogP contribution in [0.25, 0.3) is 10.8 Å². The molecule has 5 rings (SSSR count). The van der Waals surface area contributed by atoms with E-state index >= 15 is 0 Å². The number of benzene rings is 5. The third-order valence-electron chi connectivity index (χ3n) is 8.19. The first kappa shape index (κ1) is 41.0. The van der Waals surface area contributed by atoms with E-state index in [0.29, 0.717) is 28.2 Å². The van der Waals surface area contributed by atoms with Gasteiger partial charge in [-0.3, -0.25) is 19.4 Å². The van der Waals surface area contributed by atoms with Gasteiger partial charge in [0.05, 0.1) is 17.8 Å². The lowest BCUT2D eigenvalue weighted by atomic mass is 10.0. The molecular weight excluding hydrogens is 774 g/mol. The van der Waals surface area contributed by atoms with Crippen molar-refractivity contribution in [3.63, 3.8) is 0 Å². The number of ether oxygens (including phenoxy) is 1. The minimum atomic E-state index is -0.948. The van der Waals surface area contributed by atoms with Crippen LogP contribution in [0.3, 0.4) is 0 Å². The second-order valence-corrected chi connectivity index (χ2v) is 14.7. The summed E-state index contributed by atoms with van der Waals surface area (Å²) < 4.78 is 5.92. The van der Waals surface area contributed by atoms with Crippen molar-refractivity contribution in [2.24, 2.45) is 4.99 Å². The topological polar surface area (TPSA) is 162 Å². The maximum Gasteiger partial charge on any atom is 0.407 e. The predicted molar refractivity (Wildman–Crippen MR) is 225 cm³/mol. The molecule has 0 saturated carbocycles. The molecule has 0 aliphatic heterocycles. The zero-order valence-electron chi connectivity index (χ0n) is 31.5. The monoisotopic (exact) mass is 819 g/mol. The van der Waals surface area contributed by atoms with Gasteiger partial charge in [0.1, 0.15) is 11.6 Å². The summed E-state index contributed by atoms with van der Waals surface area (Å²) in [6.45, 7) is 6.40. The van der Waals surface area contributed by atoms with Crippen LogP contribution in [0, 0.1) is 0 Å². The molecule has 13 heteroatoms. The number of para-hydroxylation sites is 1. The second kappa shape index (κ2) is 19.9. The highest BCUT2D eigenvalue weighted by Crippen LogP contribution is 2.23. The van der Waals surface area contributed by atoms with E-state index < -0.39 is 29.6 Å². The first-order chi connectivity index (χ1) is 26.9. The molecule has 6 N–H and O–H groups in total. The number of alkyl carbamates (subject to hydrolysis) is 1. The molecule has 0 bridgehead atoms. The van der Waals surface area contributed by atoms with Crippen molar-refractivity contribution >= 4 is 67.9 Å². The van der Waals surface area contributed by atoms with Gasteiger partial charge >= 0.3 is 6.09 Å². The maximum absolute atomic E-state index is 13.9. The fourth-order valence-corrected chi connectivity index (χ4v) is 5.92. The summed E-state index contributed by atoms with van der Waals surface area (Å²) in [5, 5.41) is 19.7. The first-order valence-corrected chi connectivity index (χ1v) is 19.0. The number of halogens is 1. The number of nitrogens with one attached hydrogen (secondary N) is 6. The Balaban J connectivity index is 1.25. The summed E-state index contributed by atoms with van der Waals surface area (Å²) in [4.78, 5) is 57.7. The van der Waals surface area contributed by atoms with E-state index in [4.69, 9.17) is 4.74 Å². The van der Waals surface area contributed by atoms with E-state index in [1.165, 1.54) is 0 Å². The molecule has 56 heavy (non-hydrogen) atoms. The zero-order valence-corrected chi connectivity index (χ0v) is 33.1. The molecule has 5 aromatic rings. The van der Waals surface area contributed by atoms with Crippen LogP contribution in [0.15, 0.2) is 131 Å². The van der Waals surface area contributed by atoms with Crippen LogP contribution in [0.1, 0.15) is 47.1 Å². The minimum absolute atomic E-state index is 0.168. The van der Waals surface area contributed by atoms with Crippen LogP contribution in [-0.2, 0) is 16.0 Å². The van der Waals surface area contributed by atoms with E-state index in [0.717, 1.165) is 22.0 Å². The molecule has 0 saturated heterocycles. The average molecular weight is 821 g/mol. The zero-order chi connectivity index (χ0) is 39.9. The Labute approximate surface area is 335 Å². The number of carbonyl (C=O) groups is 4. The van der Waals surface area contributed by atoms with E-state index in [2.05, 4.69) is 52.8 Å². The van der Waals surface area contributed by atoms with E-state index in [9.17, 15) is 19.2 Å². The summed E-state index contributed by atoms with van der Waals surface area (Å²) in [5.41, 5.74) is 1.97. The van der Waals surface area contributed by atoms with E-state index in [-0.39, 0.29) is 37.5 Å². The smallest absolute Gasteiger partial charge is 0.407 e. The summed E-state index contributed by atoms with van der Waals surface area (Å²) in [6.07, 6.45) is -0.294. The Kier molecular flexibility index (Phi) is 14.6.